The van der Waals surface area contributed by atoms with E-state index in [1.807, 2.05) is 19.1 Å². The van der Waals surface area contributed by atoms with Gasteiger partial charge in [-0.25, -0.2) is 0 Å². The number of pyridine rings is 1. The molecule has 1 aromatic rings. The number of nitrogens with zero attached hydrogens (tertiary/aromatic N) is 1. The molecule has 15 heavy (non-hydrogen) atoms. The normalized spacial score (nSPS) is 14.9. The Balaban J connectivity index is 2.42. The summed E-state index contributed by atoms with van der Waals surface area (Å²) in [6, 6.07) is 3.89. The quantitative estimate of drug-likeness (QED) is 0.694. The van der Waals surface area contributed by atoms with Crippen LogP contribution in [-0.2, 0) is 6.42 Å². The van der Waals surface area contributed by atoms with Crippen LogP contribution < -0.4 is 5.32 Å². The molecule has 0 amide bonds. The number of aromatic nitrogens is 1. The number of hydrogen-bond acceptors (Lipinski definition) is 3. The van der Waals surface area contributed by atoms with Gasteiger partial charge in [-0.2, -0.15) is 0 Å². The molecule has 0 aromatic carbocycles. The highest BCUT2D eigenvalue weighted by Gasteiger charge is 2.19. The fourth-order valence-electron chi connectivity index (χ4n) is 1.56. The first-order valence-electron chi connectivity index (χ1n) is 5.46. The maximum absolute atomic E-state index is 10.1. The minimum Gasteiger partial charge on any atom is -0.390 e. The van der Waals surface area contributed by atoms with Gasteiger partial charge in [0.05, 0.1) is 5.60 Å². The second-order valence-electron chi connectivity index (χ2n) is 4.13. The van der Waals surface area contributed by atoms with Gasteiger partial charge in [0.2, 0.25) is 0 Å². The molecule has 2 N–H and O–H groups in total. The van der Waals surface area contributed by atoms with Gasteiger partial charge in [-0.15, -0.1) is 0 Å². The Kier molecular flexibility index (Phi) is 4.72. The molecule has 3 nitrogen and oxygen atoms in total. The van der Waals surface area contributed by atoms with Crippen LogP contribution in [0.4, 0.5) is 0 Å². The van der Waals surface area contributed by atoms with Crippen LogP contribution >= 0.6 is 0 Å². The summed E-state index contributed by atoms with van der Waals surface area (Å²) in [4.78, 5) is 3.96. The highest BCUT2D eigenvalue weighted by atomic mass is 16.3. The van der Waals surface area contributed by atoms with E-state index >= 15 is 0 Å². The lowest BCUT2D eigenvalue weighted by Gasteiger charge is -2.23. The number of aliphatic hydroxyl groups is 1. The average Bonchev–Trinajstić information content (AvgIpc) is 2.18. The van der Waals surface area contributed by atoms with Gasteiger partial charge in [0.1, 0.15) is 0 Å². The first-order valence-corrected chi connectivity index (χ1v) is 5.46. The number of nitrogens with one attached hydrogen (secondary N) is 1. The standard InChI is InChI=1S/C12H20N2O/c1-3-13-9-6-12(2,15)10-11-4-7-14-8-5-11/h4-5,7-8,13,15H,3,6,9-10H2,1-2H3. The first-order chi connectivity index (χ1) is 7.14. The predicted octanol–water partition coefficient (Wildman–Crippen LogP) is 1.37. The van der Waals surface area contributed by atoms with E-state index in [2.05, 4.69) is 17.2 Å². The largest absolute Gasteiger partial charge is 0.390 e. The fraction of sp³-hybridized carbons (Fsp3) is 0.583. The van der Waals surface area contributed by atoms with Crippen LogP contribution in [-0.4, -0.2) is 28.8 Å². The summed E-state index contributed by atoms with van der Waals surface area (Å²) in [6.45, 7) is 5.75. The predicted molar refractivity (Wildman–Crippen MR) is 61.7 cm³/mol. The van der Waals surface area contributed by atoms with E-state index in [0.29, 0.717) is 6.42 Å². The Morgan fingerprint density at radius 1 is 1.40 bits per heavy atom. The van der Waals surface area contributed by atoms with Crippen molar-refractivity contribution in [3.8, 4) is 0 Å². The molecule has 0 bridgehead atoms. The molecule has 1 heterocycles. The molecule has 0 radical (unpaired) electrons. The highest BCUT2D eigenvalue weighted by molar-refractivity contribution is 5.12. The minimum atomic E-state index is -0.635. The zero-order valence-electron chi connectivity index (χ0n) is 9.53. The molecule has 3 heteroatoms. The lowest BCUT2D eigenvalue weighted by Crippen LogP contribution is -2.32. The van der Waals surface area contributed by atoms with Gasteiger partial charge in [-0.3, -0.25) is 4.98 Å². The van der Waals surface area contributed by atoms with Gasteiger partial charge in [-0.05, 0) is 44.1 Å². The van der Waals surface area contributed by atoms with Gasteiger partial charge < -0.3 is 10.4 Å². The molecule has 0 saturated carbocycles. The van der Waals surface area contributed by atoms with Crippen LogP contribution in [0.2, 0.25) is 0 Å². The Morgan fingerprint density at radius 2 is 2.07 bits per heavy atom. The third kappa shape index (κ3) is 4.91. The van der Waals surface area contributed by atoms with Crippen molar-refractivity contribution in [2.75, 3.05) is 13.1 Å². The van der Waals surface area contributed by atoms with Crippen molar-refractivity contribution in [2.24, 2.45) is 0 Å². The van der Waals surface area contributed by atoms with E-state index in [1.165, 1.54) is 0 Å². The van der Waals surface area contributed by atoms with E-state index in [0.717, 1.165) is 25.1 Å². The third-order valence-corrected chi connectivity index (χ3v) is 2.42. The zero-order valence-corrected chi connectivity index (χ0v) is 9.53. The van der Waals surface area contributed by atoms with Gasteiger partial charge in [0, 0.05) is 18.8 Å². The van der Waals surface area contributed by atoms with Crippen molar-refractivity contribution in [1.82, 2.24) is 10.3 Å². The molecule has 0 aliphatic rings. The van der Waals surface area contributed by atoms with Crippen LogP contribution in [0.25, 0.3) is 0 Å². The zero-order chi connectivity index (χ0) is 11.1. The summed E-state index contributed by atoms with van der Waals surface area (Å²) in [6.07, 6.45) is 4.97. The molecule has 1 rings (SSSR count). The molecular formula is C12H20N2O. The maximum atomic E-state index is 10.1. The summed E-state index contributed by atoms with van der Waals surface area (Å²) in [5, 5.41) is 13.4. The molecular weight excluding hydrogens is 188 g/mol. The molecule has 1 unspecified atom stereocenters. The summed E-state index contributed by atoms with van der Waals surface area (Å²) >= 11 is 0. The second kappa shape index (κ2) is 5.83. The van der Waals surface area contributed by atoms with E-state index in [9.17, 15) is 5.11 Å². The monoisotopic (exact) mass is 208 g/mol. The van der Waals surface area contributed by atoms with E-state index < -0.39 is 5.60 Å². The van der Waals surface area contributed by atoms with Gasteiger partial charge in [0.25, 0.3) is 0 Å². The van der Waals surface area contributed by atoms with E-state index in [-0.39, 0.29) is 0 Å². The fourth-order valence-corrected chi connectivity index (χ4v) is 1.56. The molecule has 1 aromatic heterocycles. The Bertz CT molecular complexity index is 272. The van der Waals surface area contributed by atoms with Crippen molar-refractivity contribution in [3.05, 3.63) is 30.1 Å². The SMILES string of the molecule is CCNCCC(C)(O)Cc1ccncc1. The third-order valence-electron chi connectivity index (χ3n) is 2.42. The van der Waals surface area contributed by atoms with E-state index in [4.69, 9.17) is 0 Å². The number of hydrogen-bond donors (Lipinski definition) is 2. The Hall–Kier alpha value is -0.930. The molecule has 0 saturated heterocycles. The first kappa shape index (κ1) is 12.1. The average molecular weight is 208 g/mol. The molecule has 0 fully saturated rings. The van der Waals surface area contributed by atoms with Crippen molar-refractivity contribution in [3.63, 3.8) is 0 Å². The topological polar surface area (TPSA) is 45.1 Å². The van der Waals surface area contributed by atoms with Crippen LogP contribution in [0, 0.1) is 0 Å². The summed E-state index contributed by atoms with van der Waals surface area (Å²) < 4.78 is 0. The second-order valence-corrected chi connectivity index (χ2v) is 4.13. The lowest BCUT2D eigenvalue weighted by atomic mass is 9.94. The maximum Gasteiger partial charge on any atom is 0.0672 e. The molecule has 0 aliphatic carbocycles. The van der Waals surface area contributed by atoms with Gasteiger partial charge >= 0.3 is 0 Å². The van der Waals surface area contributed by atoms with E-state index in [1.54, 1.807) is 12.4 Å². The summed E-state index contributed by atoms with van der Waals surface area (Å²) in [5.41, 5.74) is 0.496. The van der Waals surface area contributed by atoms with Crippen molar-refractivity contribution >= 4 is 0 Å². The lowest BCUT2D eigenvalue weighted by molar-refractivity contribution is 0.0517. The molecule has 0 aliphatic heterocycles. The summed E-state index contributed by atoms with van der Waals surface area (Å²) in [7, 11) is 0. The van der Waals surface area contributed by atoms with Crippen LogP contribution in [0.3, 0.4) is 0 Å². The molecule has 0 spiro atoms. The van der Waals surface area contributed by atoms with Crippen LogP contribution in [0.15, 0.2) is 24.5 Å². The molecule has 84 valence electrons. The minimum absolute atomic E-state index is 0.635. The van der Waals surface area contributed by atoms with Gasteiger partial charge in [0.15, 0.2) is 0 Å². The van der Waals surface area contributed by atoms with Crippen LogP contribution in [0.5, 0.6) is 0 Å². The number of rotatable bonds is 6. The van der Waals surface area contributed by atoms with Gasteiger partial charge in [-0.1, -0.05) is 6.92 Å². The Morgan fingerprint density at radius 3 is 2.67 bits per heavy atom. The van der Waals surface area contributed by atoms with Crippen molar-refractivity contribution in [1.29, 1.82) is 0 Å². The smallest absolute Gasteiger partial charge is 0.0672 e. The Labute approximate surface area is 91.5 Å². The highest BCUT2D eigenvalue weighted by Crippen LogP contribution is 2.15. The summed E-state index contributed by atoms with van der Waals surface area (Å²) in [5.74, 6) is 0. The molecule has 1 atom stereocenters. The van der Waals surface area contributed by atoms with Crippen molar-refractivity contribution in [2.45, 2.75) is 32.3 Å². The van der Waals surface area contributed by atoms with Crippen LogP contribution in [0.1, 0.15) is 25.8 Å². The van der Waals surface area contributed by atoms with Crippen molar-refractivity contribution < 1.29 is 5.11 Å².